The van der Waals surface area contributed by atoms with Crippen molar-refractivity contribution in [2.45, 2.75) is 69.4 Å². The van der Waals surface area contributed by atoms with Gasteiger partial charge in [-0.15, -0.1) is 0 Å². The number of hydrogen-bond acceptors (Lipinski definition) is 7. The van der Waals surface area contributed by atoms with Gasteiger partial charge < -0.3 is 15.7 Å². The number of halogens is 3. The highest BCUT2D eigenvalue weighted by atomic mass is 79.9. The summed E-state index contributed by atoms with van der Waals surface area (Å²) in [7, 11) is 0. The zero-order chi connectivity index (χ0) is 24.8. The van der Waals surface area contributed by atoms with Gasteiger partial charge in [0, 0.05) is 50.1 Å². The first-order chi connectivity index (χ1) is 16.8. The Morgan fingerprint density at radius 2 is 2.03 bits per heavy atom. The molecule has 190 valence electrons. The third-order valence-electron chi connectivity index (χ3n) is 6.59. The van der Waals surface area contributed by atoms with Gasteiger partial charge in [-0.3, -0.25) is 4.90 Å². The summed E-state index contributed by atoms with van der Waals surface area (Å²) in [6.07, 6.45) is 7.69. The highest BCUT2D eigenvalue weighted by Gasteiger charge is 2.47. The van der Waals surface area contributed by atoms with Crippen molar-refractivity contribution in [3.8, 4) is 0 Å². The Kier molecular flexibility index (Phi) is 8.48. The molecule has 0 aromatic carbocycles. The van der Waals surface area contributed by atoms with Crippen LogP contribution in [0.5, 0.6) is 0 Å². The number of nitrogens with zero attached hydrogens (tertiary/aromatic N) is 4. The summed E-state index contributed by atoms with van der Waals surface area (Å²) in [5.74, 6) is -2.45. The minimum Gasteiger partial charge on any atom is -0.480 e. The van der Waals surface area contributed by atoms with Gasteiger partial charge in [-0.05, 0) is 72.6 Å². The minimum absolute atomic E-state index is 0.175. The largest absolute Gasteiger partial charge is 0.480 e. The lowest BCUT2D eigenvalue weighted by Crippen LogP contribution is -2.52. The highest BCUT2D eigenvalue weighted by Crippen LogP contribution is 2.40. The second-order valence-corrected chi connectivity index (χ2v) is 10.2. The molecule has 1 saturated carbocycles. The fourth-order valence-corrected chi connectivity index (χ4v) is 4.79. The smallest absolute Gasteiger partial charge is 0.326 e. The van der Waals surface area contributed by atoms with E-state index in [1.54, 1.807) is 0 Å². The van der Waals surface area contributed by atoms with Crippen LogP contribution in [0.1, 0.15) is 49.8 Å². The number of aliphatic carboxylic acids is 1. The number of rotatable bonds is 12. The fraction of sp³-hybridized carbons (Fsp3) is 0.583. The highest BCUT2D eigenvalue weighted by molar-refractivity contribution is 9.10. The van der Waals surface area contributed by atoms with Gasteiger partial charge >= 0.3 is 5.97 Å². The van der Waals surface area contributed by atoms with E-state index in [4.69, 9.17) is 4.98 Å². The van der Waals surface area contributed by atoms with E-state index in [2.05, 4.69) is 48.7 Å². The van der Waals surface area contributed by atoms with Gasteiger partial charge in [0.25, 0.3) is 5.92 Å². The maximum absolute atomic E-state index is 13.6. The number of hydrogen-bond donors (Lipinski definition) is 3. The summed E-state index contributed by atoms with van der Waals surface area (Å²) < 4.78 is 27.8. The predicted molar refractivity (Wildman–Crippen MR) is 133 cm³/mol. The number of aromatic nitrogens is 3. The number of pyridine rings is 1. The van der Waals surface area contributed by atoms with Crippen LogP contribution in [0, 0.1) is 0 Å². The van der Waals surface area contributed by atoms with Gasteiger partial charge in [-0.25, -0.2) is 28.5 Å². The van der Waals surface area contributed by atoms with Crippen LogP contribution < -0.4 is 10.6 Å². The SMILES string of the molecule is O=C(O)[C@H](CCN(CCCCc1ccc2c(n1)NCCC2)C1CC(F)(F)C1)Nc1ncc(Br)cn1. The number of carboxylic acids is 1. The first kappa shape index (κ1) is 25.7. The molecule has 11 heteroatoms. The monoisotopic (exact) mass is 552 g/mol. The number of carbonyl (C=O) groups is 1. The van der Waals surface area contributed by atoms with Crippen molar-refractivity contribution in [1.29, 1.82) is 0 Å². The molecule has 0 saturated heterocycles. The maximum Gasteiger partial charge on any atom is 0.326 e. The molecule has 3 heterocycles. The van der Waals surface area contributed by atoms with Crippen LogP contribution in [0.2, 0.25) is 0 Å². The van der Waals surface area contributed by atoms with Crippen LogP contribution in [0.15, 0.2) is 29.0 Å². The van der Waals surface area contributed by atoms with Crippen LogP contribution in [-0.4, -0.2) is 68.6 Å². The quantitative estimate of drug-likeness (QED) is 0.333. The van der Waals surface area contributed by atoms with Gasteiger partial charge in [-0.1, -0.05) is 6.07 Å². The third kappa shape index (κ3) is 7.30. The molecule has 1 aliphatic heterocycles. The van der Waals surface area contributed by atoms with Crippen molar-refractivity contribution in [2.75, 3.05) is 30.3 Å². The topological polar surface area (TPSA) is 103 Å². The second kappa shape index (κ2) is 11.6. The Hall–Kier alpha value is -2.40. The number of nitrogens with one attached hydrogen (secondary N) is 2. The van der Waals surface area contributed by atoms with E-state index in [1.807, 2.05) is 4.90 Å². The third-order valence-corrected chi connectivity index (χ3v) is 7.00. The lowest BCUT2D eigenvalue weighted by Gasteiger charge is -2.43. The molecule has 2 aromatic rings. The Balaban J connectivity index is 1.29. The lowest BCUT2D eigenvalue weighted by molar-refractivity contribution is -0.139. The Bertz CT molecular complexity index is 1000. The van der Waals surface area contributed by atoms with Gasteiger partial charge in [0.2, 0.25) is 5.95 Å². The van der Waals surface area contributed by atoms with E-state index in [-0.39, 0.29) is 31.3 Å². The van der Waals surface area contributed by atoms with Gasteiger partial charge in [-0.2, -0.15) is 0 Å². The molecule has 4 rings (SSSR count). The molecular weight excluding hydrogens is 522 g/mol. The van der Waals surface area contributed by atoms with Crippen molar-refractivity contribution in [1.82, 2.24) is 19.9 Å². The van der Waals surface area contributed by atoms with Gasteiger partial charge in [0.1, 0.15) is 11.9 Å². The first-order valence-corrected chi connectivity index (χ1v) is 12.9. The number of unbranched alkanes of at least 4 members (excludes halogenated alkanes) is 1. The summed E-state index contributed by atoms with van der Waals surface area (Å²) in [6, 6.07) is 3.07. The Labute approximate surface area is 212 Å². The van der Waals surface area contributed by atoms with Crippen LogP contribution >= 0.6 is 15.9 Å². The van der Waals surface area contributed by atoms with E-state index in [9.17, 15) is 18.7 Å². The van der Waals surface area contributed by atoms with Gasteiger partial charge in [0.15, 0.2) is 0 Å². The zero-order valence-electron chi connectivity index (χ0n) is 19.5. The molecule has 0 unspecified atom stereocenters. The van der Waals surface area contributed by atoms with E-state index in [0.29, 0.717) is 17.6 Å². The molecule has 2 aliphatic rings. The molecule has 35 heavy (non-hydrogen) atoms. The fourth-order valence-electron chi connectivity index (χ4n) is 4.59. The average molecular weight is 553 g/mol. The van der Waals surface area contributed by atoms with Crippen molar-refractivity contribution in [3.63, 3.8) is 0 Å². The predicted octanol–water partition coefficient (Wildman–Crippen LogP) is 4.37. The number of anilines is 2. The molecule has 1 aliphatic carbocycles. The van der Waals surface area contributed by atoms with Crippen molar-refractivity contribution >= 4 is 33.7 Å². The standard InChI is InChI=1S/C24H31BrF2N6O2/c25-17-14-29-23(30-15-17)32-20(22(34)35)8-11-33(19-12-24(26,27)13-19)10-2-1-5-18-7-6-16-4-3-9-28-21(16)31-18/h6-7,14-15,19-20H,1-5,8-13H2,(H,28,31)(H,34,35)(H,29,30,32)/t20-/m0/s1. The summed E-state index contributed by atoms with van der Waals surface area (Å²) in [6.45, 7) is 2.00. The first-order valence-electron chi connectivity index (χ1n) is 12.1. The van der Waals surface area contributed by atoms with Crippen LogP contribution in [0.3, 0.4) is 0 Å². The van der Waals surface area contributed by atoms with E-state index >= 15 is 0 Å². The molecule has 3 N–H and O–H groups in total. The van der Waals surface area contributed by atoms with E-state index in [0.717, 1.165) is 50.2 Å². The number of aryl methyl sites for hydroxylation is 2. The Morgan fingerprint density at radius 1 is 1.26 bits per heavy atom. The second-order valence-electron chi connectivity index (χ2n) is 9.30. The van der Waals surface area contributed by atoms with E-state index < -0.39 is 17.9 Å². The molecule has 0 amide bonds. The minimum atomic E-state index is -2.63. The normalized spacial score (nSPS) is 17.8. The summed E-state index contributed by atoms with van der Waals surface area (Å²) in [5, 5.41) is 15.8. The number of carboxylic acid groups (broad SMARTS) is 1. The van der Waals surface area contributed by atoms with Crippen molar-refractivity contribution < 1.29 is 18.7 Å². The van der Waals surface area contributed by atoms with Crippen LogP contribution in [-0.2, 0) is 17.6 Å². The molecule has 2 aromatic heterocycles. The number of fused-ring (bicyclic) bond motifs is 1. The molecule has 1 fully saturated rings. The average Bonchev–Trinajstić information content (AvgIpc) is 2.82. The van der Waals surface area contributed by atoms with Crippen molar-refractivity contribution in [2.24, 2.45) is 0 Å². The summed E-state index contributed by atoms with van der Waals surface area (Å²) >= 11 is 3.25. The van der Waals surface area contributed by atoms with Crippen molar-refractivity contribution in [3.05, 3.63) is 40.3 Å². The molecule has 0 radical (unpaired) electrons. The number of alkyl halides is 2. The molecule has 8 nitrogen and oxygen atoms in total. The van der Waals surface area contributed by atoms with Crippen LogP contribution in [0.4, 0.5) is 20.5 Å². The van der Waals surface area contributed by atoms with Gasteiger partial charge in [0.05, 0.1) is 4.47 Å². The molecular formula is C24H31BrF2N6O2. The maximum atomic E-state index is 13.6. The van der Waals surface area contributed by atoms with Crippen LogP contribution in [0.25, 0.3) is 0 Å². The molecule has 0 spiro atoms. The summed E-state index contributed by atoms with van der Waals surface area (Å²) in [5.41, 5.74) is 2.29. The van der Waals surface area contributed by atoms with E-state index in [1.165, 1.54) is 18.0 Å². The lowest BCUT2D eigenvalue weighted by atomic mass is 9.86. The molecule has 0 bridgehead atoms. The Morgan fingerprint density at radius 3 is 2.74 bits per heavy atom. The summed E-state index contributed by atoms with van der Waals surface area (Å²) in [4.78, 5) is 26.7. The zero-order valence-corrected chi connectivity index (χ0v) is 21.1. The molecule has 1 atom stereocenters.